The van der Waals surface area contributed by atoms with E-state index >= 15 is 0 Å². The lowest BCUT2D eigenvalue weighted by molar-refractivity contribution is 0.194. The number of anilines is 1. The summed E-state index contributed by atoms with van der Waals surface area (Å²) in [4.78, 5) is 16.1. The minimum atomic E-state index is 0.0398. The van der Waals surface area contributed by atoms with Crippen molar-refractivity contribution in [2.45, 2.75) is 26.2 Å². The molecule has 0 atom stereocenters. The van der Waals surface area contributed by atoms with Gasteiger partial charge in [0.2, 0.25) is 0 Å². The summed E-state index contributed by atoms with van der Waals surface area (Å²) in [5.41, 5.74) is 0.981. The molecule has 1 aromatic rings. The molecule has 1 fully saturated rings. The van der Waals surface area contributed by atoms with E-state index in [4.69, 9.17) is 23.2 Å². The molecule has 2 amide bonds. The molecule has 0 radical (unpaired) electrons. The maximum atomic E-state index is 12.1. The lowest BCUT2D eigenvalue weighted by Gasteiger charge is -2.36. The van der Waals surface area contributed by atoms with Crippen molar-refractivity contribution in [3.63, 3.8) is 0 Å². The van der Waals surface area contributed by atoms with Crippen LogP contribution in [0.1, 0.15) is 26.2 Å². The van der Waals surface area contributed by atoms with Crippen LogP contribution in [0.3, 0.4) is 0 Å². The molecule has 1 heterocycles. The van der Waals surface area contributed by atoms with Crippen LogP contribution < -0.4 is 10.2 Å². The van der Waals surface area contributed by atoms with Gasteiger partial charge in [-0.3, -0.25) is 0 Å². The highest BCUT2D eigenvalue weighted by atomic mass is 35.5. The molecule has 1 aliphatic heterocycles. The first-order valence-corrected chi connectivity index (χ1v) is 8.60. The second-order valence-corrected chi connectivity index (χ2v) is 6.35. The summed E-state index contributed by atoms with van der Waals surface area (Å²) in [6, 6.07) is 5.57. The maximum absolute atomic E-state index is 12.1. The topological polar surface area (TPSA) is 35.6 Å². The SMILES string of the molecule is CCCCCNC(=O)N1CCN(c2ccc(Cl)cc2Cl)CC1. The Morgan fingerprint density at radius 2 is 1.91 bits per heavy atom. The number of hydrogen-bond donors (Lipinski definition) is 1. The standard InChI is InChI=1S/C16H23Cl2N3O/c1-2-3-4-7-19-16(22)21-10-8-20(9-11-21)15-6-5-13(17)12-14(15)18/h5-6,12H,2-4,7-11H2,1H3,(H,19,22). The van der Waals surface area contributed by atoms with Gasteiger partial charge in [0.05, 0.1) is 10.7 Å². The molecular weight excluding hydrogens is 321 g/mol. The largest absolute Gasteiger partial charge is 0.367 e. The number of unbranched alkanes of at least 4 members (excludes halogenated alkanes) is 2. The molecule has 2 rings (SSSR count). The number of hydrogen-bond acceptors (Lipinski definition) is 2. The molecule has 1 saturated heterocycles. The summed E-state index contributed by atoms with van der Waals surface area (Å²) in [5, 5.41) is 4.28. The van der Waals surface area contributed by atoms with Crippen molar-refractivity contribution in [2.24, 2.45) is 0 Å². The van der Waals surface area contributed by atoms with Crippen LogP contribution in [-0.4, -0.2) is 43.7 Å². The highest BCUT2D eigenvalue weighted by molar-refractivity contribution is 6.36. The molecule has 0 unspecified atom stereocenters. The molecule has 0 saturated carbocycles. The minimum Gasteiger partial charge on any atom is -0.367 e. The lowest BCUT2D eigenvalue weighted by Crippen LogP contribution is -2.52. The zero-order valence-corrected chi connectivity index (χ0v) is 14.5. The van der Waals surface area contributed by atoms with Crippen LogP contribution in [0.15, 0.2) is 18.2 Å². The fourth-order valence-electron chi connectivity index (χ4n) is 2.57. The van der Waals surface area contributed by atoms with Crippen molar-refractivity contribution in [1.29, 1.82) is 0 Å². The fourth-order valence-corrected chi connectivity index (χ4v) is 3.10. The molecule has 0 bridgehead atoms. The number of halogens is 2. The van der Waals surface area contributed by atoms with Gasteiger partial charge >= 0.3 is 6.03 Å². The van der Waals surface area contributed by atoms with Gasteiger partial charge in [0, 0.05) is 37.7 Å². The Labute approximate surface area is 142 Å². The van der Waals surface area contributed by atoms with Crippen LogP contribution >= 0.6 is 23.2 Å². The highest BCUT2D eigenvalue weighted by Crippen LogP contribution is 2.29. The molecule has 6 heteroatoms. The predicted octanol–water partition coefficient (Wildman–Crippen LogP) is 4.02. The lowest BCUT2D eigenvalue weighted by atomic mass is 10.2. The summed E-state index contributed by atoms with van der Waals surface area (Å²) in [5.74, 6) is 0. The van der Waals surface area contributed by atoms with E-state index in [1.165, 1.54) is 0 Å². The Hall–Kier alpha value is -1.13. The maximum Gasteiger partial charge on any atom is 0.317 e. The molecular formula is C16H23Cl2N3O. The van der Waals surface area contributed by atoms with Crippen molar-refractivity contribution in [1.82, 2.24) is 10.2 Å². The Bertz CT molecular complexity index is 502. The number of carbonyl (C=O) groups is 1. The number of amides is 2. The third-order valence-corrected chi connectivity index (χ3v) is 4.41. The van der Waals surface area contributed by atoms with Crippen LogP contribution in [0.4, 0.5) is 10.5 Å². The van der Waals surface area contributed by atoms with E-state index in [2.05, 4.69) is 17.1 Å². The third-order valence-electron chi connectivity index (χ3n) is 3.87. The van der Waals surface area contributed by atoms with Gasteiger partial charge in [-0.2, -0.15) is 0 Å². The average Bonchev–Trinajstić information content (AvgIpc) is 2.52. The molecule has 22 heavy (non-hydrogen) atoms. The molecule has 1 aliphatic rings. The van der Waals surface area contributed by atoms with Gasteiger partial charge < -0.3 is 15.1 Å². The van der Waals surface area contributed by atoms with E-state index < -0.39 is 0 Å². The Balaban J connectivity index is 1.81. The summed E-state index contributed by atoms with van der Waals surface area (Å²) >= 11 is 12.2. The van der Waals surface area contributed by atoms with Crippen molar-refractivity contribution >= 4 is 34.9 Å². The molecule has 0 aliphatic carbocycles. The zero-order valence-electron chi connectivity index (χ0n) is 12.9. The van der Waals surface area contributed by atoms with Gasteiger partial charge in [-0.1, -0.05) is 43.0 Å². The van der Waals surface area contributed by atoms with Gasteiger partial charge in [0.1, 0.15) is 0 Å². The van der Waals surface area contributed by atoms with Crippen molar-refractivity contribution in [3.05, 3.63) is 28.2 Å². The summed E-state index contributed by atoms with van der Waals surface area (Å²) in [6.07, 6.45) is 3.36. The zero-order chi connectivity index (χ0) is 15.9. The van der Waals surface area contributed by atoms with Gasteiger partial charge in [-0.25, -0.2) is 4.79 Å². The van der Waals surface area contributed by atoms with Crippen molar-refractivity contribution in [3.8, 4) is 0 Å². The number of nitrogens with one attached hydrogen (secondary N) is 1. The normalized spacial score (nSPS) is 15.0. The number of benzene rings is 1. The van der Waals surface area contributed by atoms with Gasteiger partial charge in [0.25, 0.3) is 0 Å². The van der Waals surface area contributed by atoms with E-state index in [-0.39, 0.29) is 6.03 Å². The van der Waals surface area contributed by atoms with Crippen LogP contribution in [0.25, 0.3) is 0 Å². The van der Waals surface area contributed by atoms with Crippen LogP contribution in [0.5, 0.6) is 0 Å². The number of rotatable bonds is 5. The second kappa shape index (κ2) is 8.49. The van der Waals surface area contributed by atoms with Gasteiger partial charge in [0.15, 0.2) is 0 Å². The molecule has 4 nitrogen and oxygen atoms in total. The quantitative estimate of drug-likeness (QED) is 0.819. The first-order valence-electron chi connectivity index (χ1n) is 7.84. The minimum absolute atomic E-state index is 0.0398. The average molecular weight is 344 g/mol. The monoisotopic (exact) mass is 343 g/mol. The molecule has 1 N–H and O–H groups in total. The Kier molecular flexibility index (Phi) is 6.65. The van der Waals surface area contributed by atoms with Crippen LogP contribution in [0, 0.1) is 0 Å². The second-order valence-electron chi connectivity index (χ2n) is 5.51. The first kappa shape index (κ1) is 17.2. The molecule has 1 aromatic carbocycles. The van der Waals surface area contributed by atoms with Crippen molar-refractivity contribution < 1.29 is 4.79 Å². The highest BCUT2D eigenvalue weighted by Gasteiger charge is 2.22. The number of carbonyl (C=O) groups excluding carboxylic acids is 1. The van der Waals surface area contributed by atoms with Crippen LogP contribution in [0.2, 0.25) is 10.0 Å². The number of urea groups is 1. The first-order chi connectivity index (χ1) is 10.6. The number of piperazine rings is 1. The molecule has 122 valence electrons. The van der Waals surface area contributed by atoms with E-state index in [1.54, 1.807) is 6.07 Å². The van der Waals surface area contributed by atoms with Crippen LogP contribution in [-0.2, 0) is 0 Å². The van der Waals surface area contributed by atoms with E-state index in [9.17, 15) is 4.79 Å². The van der Waals surface area contributed by atoms with Crippen molar-refractivity contribution in [2.75, 3.05) is 37.6 Å². The van der Waals surface area contributed by atoms with Gasteiger partial charge in [-0.05, 0) is 24.6 Å². The molecule has 0 spiro atoms. The summed E-state index contributed by atoms with van der Waals surface area (Å²) < 4.78 is 0. The Morgan fingerprint density at radius 1 is 1.18 bits per heavy atom. The van der Waals surface area contributed by atoms with E-state index in [1.807, 2.05) is 17.0 Å². The third kappa shape index (κ3) is 4.68. The van der Waals surface area contributed by atoms with E-state index in [0.717, 1.165) is 44.6 Å². The summed E-state index contributed by atoms with van der Waals surface area (Å²) in [6.45, 7) is 5.89. The number of nitrogens with zero attached hydrogens (tertiary/aromatic N) is 2. The Morgan fingerprint density at radius 3 is 2.55 bits per heavy atom. The summed E-state index contributed by atoms with van der Waals surface area (Å²) in [7, 11) is 0. The molecule has 0 aromatic heterocycles. The smallest absolute Gasteiger partial charge is 0.317 e. The van der Waals surface area contributed by atoms with Gasteiger partial charge in [-0.15, -0.1) is 0 Å². The fraction of sp³-hybridized carbons (Fsp3) is 0.562. The predicted molar refractivity (Wildman–Crippen MR) is 93.2 cm³/mol. The van der Waals surface area contributed by atoms with E-state index in [0.29, 0.717) is 23.1 Å².